The maximum Gasteiger partial charge on any atom is 0.261 e. The largest absolute Gasteiger partial charge is 0.494 e. The molecule has 13 heteroatoms. The van der Waals surface area contributed by atoms with Crippen molar-refractivity contribution in [2.24, 2.45) is 0 Å². The van der Waals surface area contributed by atoms with Gasteiger partial charge in [-0.1, -0.05) is 11.6 Å². The van der Waals surface area contributed by atoms with E-state index in [1.807, 2.05) is 16.8 Å². The van der Waals surface area contributed by atoms with E-state index in [2.05, 4.69) is 32.2 Å². The number of aliphatic hydroxyl groups excluding tert-OH is 1. The van der Waals surface area contributed by atoms with Crippen LogP contribution in [-0.2, 0) is 0 Å². The van der Waals surface area contributed by atoms with Crippen LogP contribution in [0.3, 0.4) is 0 Å². The molecule has 1 aliphatic heterocycles. The van der Waals surface area contributed by atoms with Gasteiger partial charge in [0.05, 0.1) is 21.7 Å². The lowest BCUT2D eigenvalue weighted by molar-refractivity contribution is 0.112. The van der Waals surface area contributed by atoms with Crippen molar-refractivity contribution in [2.45, 2.75) is 25.0 Å². The second-order valence-corrected chi connectivity index (χ2v) is 11.0. The molecule has 6 rings (SSSR count). The molecule has 10 nitrogen and oxygen atoms in total. The van der Waals surface area contributed by atoms with Crippen LogP contribution in [0.4, 0.5) is 14.5 Å². The molecule has 1 atom stereocenters. The quantitative estimate of drug-likeness (QED) is 0.165. The van der Waals surface area contributed by atoms with E-state index in [1.165, 1.54) is 6.20 Å². The number of halogens is 3. The van der Waals surface area contributed by atoms with E-state index < -0.39 is 35.7 Å². The standard InChI is InChI=1S/C29H29ClF2N6O4/c1-37-8-5-16(6-9-37)38-13-15-10-22-23(11-18(15)29(38)41)36-27(35-22)24-21(4-7-33-28(24)40)34-12-17(39)14-42-26-20(31)3-2-19(30)25(26)32/h2-4,7,10-11,13,16-17,39,41H,5-6,8-9,12,14H2,1H3,(H,35,36)(H2,33,34,40)/t17-/m1/s1. The molecule has 0 unspecified atom stereocenters. The topological polar surface area (TPSA) is 131 Å². The van der Waals surface area contributed by atoms with Gasteiger partial charge in [0.2, 0.25) is 0 Å². The summed E-state index contributed by atoms with van der Waals surface area (Å²) >= 11 is 5.68. The van der Waals surface area contributed by atoms with Crippen molar-refractivity contribution in [3.05, 3.63) is 69.7 Å². The normalized spacial score (nSPS) is 15.5. The van der Waals surface area contributed by atoms with Gasteiger partial charge in [-0.3, -0.25) is 4.79 Å². The highest BCUT2D eigenvalue weighted by molar-refractivity contribution is 6.30. The smallest absolute Gasteiger partial charge is 0.261 e. The molecule has 1 saturated heterocycles. The number of rotatable bonds is 8. The number of aromatic amines is 2. The first-order valence-electron chi connectivity index (χ1n) is 13.5. The van der Waals surface area contributed by atoms with Crippen LogP contribution in [0.25, 0.3) is 33.2 Å². The number of hydrogen-bond donors (Lipinski definition) is 5. The summed E-state index contributed by atoms with van der Waals surface area (Å²) in [6.45, 7) is 1.41. The average molecular weight is 599 g/mol. The van der Waals surface area contributed by atoms with Gasteiger partial charge < -0.3 is 39.7 Å². The Morgan fingerprint density at radius 2 is 2.02 bits per heavy atom. The van der Waals surface area contributed by atoms with Crippen LogP contribution < -0.4 is 15.6 Å². The lowest BCUT2D eigenvalue weighted by atomic mass is 10.1. The van der Waals surface area contributed by atoms with E-state index in [-0.39, 0.29) is 29.1 Å². The molecule has 1 fully saturated rings. The Hall–Kier alpha value is -4.13. The van der Waals surface area contributed by atoms with E-state index in [0.717, 1.165) is 43.5 Å². The molecular formula is C29H29ClF2N6O4. The van der Waals surface area contributed by atoms with Crippen LogP contribution in [-0.4, -0.2) is 74.0 Å². The Kier molecular flexibility index (Phi) is 7.52. The summed E-state index contributed by atoms with van der Waals surface area (Å²) in [6, 6.07) is 7.56. The number of hydrogen-bond acceptors (Lipinski definition) is 7. The summed E-state index contributed by atoms with van der Waals surface area (Å²) in [5.74, 6) is -2.19. The third-order valence-electron chi connectivity index (χ3n) is 7.65. The van der Waals surface area contributed by atoms with Gasteiger partial charge in [0, 0.05) is 35.8 Å². The van der Waals surface area contributed by atoms with Crippen molar-refractivity contribution in [3.8, 4) is 23.0 Å². The summed E-state index contributed by atoms with van der Waals surface area (Å²) < 4.78 is 35.1. The van der Waals surface area contributed by atoms with Crippen molar-refractivity contribution < 1.29 is 23.7 Å². The fourth-order valence-electron chi connectivity index (χ4n) is 5.36. The first-order valence-corrected chi connectivity index (χ1v) is 13.9. The number of benzene rings is 2. The third-order valence-corrected chi connectivity index (χ3v) is 7.94. The van der Waals surface area contributed by atoms with Crippen LogP contribution in [0, 0.1) is 11.6 Å². The highest BCUT2D eigenvalue weighted by atomic mass is 35.5. The summed E-state index contributed by atoms with van der Waals surface area (Å²) in [5, 5.41) is 25.6. The number of aromatic hydroxyl groups is 1. The van der Waals surface area contributed by atoms with Gasteiger partial charge in [0.1, 0.15) is 24.1 Å². The Morgan fingerprint density at radius 1 is 1.24 bits per heavy atom. The minimum atomic E-state index is -1.19. The van der Waals surface area contributed by atoms with E-state index >= 15 is 0 Å². The monoisotopic (exact) mass is 598 g/mol. The number of ether oxygens (including phenoxy) is 1. The maximum absolute atomic E-state index is 14.1. The summed E-state index contributed by atoms with van der Waals surface area (Å²) in [6.07, 6.45) is 4.12. The van der Waals surface area contributed by atoms with Crippen LogP contribution >= 0.6 is 11.6 Å². The van der Waals surface area contributed by atoms with Crippen molar-refractivity contribution in [3.63, 3.8) is 0 Å². The van der Waals surface area contributed by atoms with Crippen LogP contribution in [0.1, 0.15) is 18.9 Å². The van der Waals surface area contributed by atoms with Crippen molar-refractivity contribution in [1.29, 1.82) is 0 Å². The van der Waals surface area contributed by atoms with E-state index in [9.17, 15) is 23.8 Å². The van der Waals surface area contributed by atoms with Gasteiger partial charge in [-0.05, 0) is 63.3 Å². The van der Waals surface area contributed by atoms with Gasteiger partial charge in [-0.25, -0.2) is 13.8 Å². The fraction of sp³-hybridized carbons (Fsp3) is 0.310. The lowest BCUT2D eigenvalue weighted by Gasteiger charge is -2.30. The van der Waals surface area contributed by atoms with E-state index in [1.54, 1.807) is 12.1 Å². The first-order chi connectivity index (χ1) is 20.2. The minimum absolute atomic E-state index is 0.0979. The predicted octanol–water partition coefficient (Wildman–Crippen LogP) is 4.63. The van der Waals surface area contributed by atoms with Crippen molar-refractivity contribution in [1.82, 2.24) is 24.4 Å². The first kappa shape index (κ1) is 28.0. The van der Waals surface area contributed by atoms with Crippen LogP contribution in [0.15, 0.2) is 47.5 Å². The number of imidazole rings is 1. The molecule has 2 aromatic carbocycles. The number of pyridine rings is 1. The number of nitrogens with one attached hydrogen (secondary N) is 3. The second-order valence-electron chi connectivity index (χ2n) is 10.5. The number of H-pyrrole nitrogens is 2. The zero-order valence-corrected chi connectivity index (χ0v) is 23.4. The Balaban J connectivity index is 1.22. The van der Waals surface area contributed by atoms with E-state index in [0.29, 0.717) is 27.9 Å². The zero-order chi connectivity index (χ0) is 29.5. The number of aromatic nitrogens is 4. The SMILES string of the molecule is CN1CCC(n2cc3cc4[nH]c(-c5c(NC[C@@H](O)COc6c(F)ccc(Cl)c6F)cc[nH]c5=O)nc4cc3c2O)CC1. The second kappa shape index (κ2) is 11.3. The molecular weight excluding hydrogens is 570 g/mol. The molecule has 0 spiro atoms. The molecule has 0 bridgehead atoms. The highest BCUT2D eigenvalue weighted by Crippen LogP contribution is 2.36. The fourth-order valence-corrected chi connectivity index (χ4v) is 5.51. The van der Waals surface area contributed by atoms with E-state index in [4.69, 9.17) is 16.3 Å². The highest BCUT2D eigenvalue weighted by Gasteiger charge is 2.23. The molecule has 0 aliphatic carbocycles. The molecule has 4 heterocycles. The van der Waals surface area contributed by atoms with Gasteiger partial charge in [-0.15, -0.1) is 0 Å². The Labute approximate surface area is 243 Å². The van der Waals surface area contributed by atoms with Crippen molar-refractivity contribution in [2.75, 3.05) is 38.6 Å². The molecule has 1 aliphatic rings. The van der Waals surface area contributed by atoms with Gasteiger partial charge in [-0.2, -0.15) is 0 Å². The van der Waals surface area contributed by atoms with Gasteiger partial charge >= 0.3 is 0 Å². The number of piperidine rings is 1. The number of aliphatic hydroxyl groups is 1. The minimum Gasteiger partial charge on any atom is -0.494 e. The Morgan fingerprint density at radius 3 is 2.81 bits per heavy atom. The molecule has 3 aromatic heterocycles. The summed E-state index contributed by atoms with van der Waals surface area (Å²) in [7, 11) is 2.09. The molecule has 0 amide bonds. The average Bonchev–Trinajstić information content (AvgIpc) is 3.53. The lowest BCUT2D eigenvalue weighted by Crippen LogP contribution is -2.31. The Bertz CT molecular complexity index is 1830. The number of anilines is 1. The van der Waals surface area contributed by atoms with Gasteiger partial charge in [0.15, 0.2) is 23.3 Å². The summed E-state index contributed by atoms with van der Waals surface area (Å²) in [4.78, 5) is 25.6. The number of fused-ring (bicyclic) bond motifs is 2. The molecule has 0 radical (unpaired) electrons. The molecule has 5 aromatic rings. The molecule has 0 saturated carbocycles. The maximum atomic E-state index is 14.1. The number of nitrogens with zero attached hydrogens (tertiary/aromatic N) is 3. The van der Waals surface area contributed by atoms with Gasteiger partial charge in [0.25, 0.3) is 5.56 Å². The zero-order valence-electron chi connectivity index (χ0n) is 22.6. The molecule has 5 N–H and O–H groups in total. The third kappa shape index (κ3) is 5.28. The molecule has 220 valence electrons. The van der Waals surface area contributed by atoms with Crippen LogP contribution in [0.2, 0.25) is 5.02 Å². The van der Waals surface area contributed by atoms with Crippen LogP contribution in [0.5, 0.6) is 11.6 Å². The summed E-state index contributed by atoms with van der Waals surface area (Å²) in [5.41, 5.74) is 1.42. The van der Waals surface area contributed by atoms with Crippen molar-refractivity contribution >= 4 is 39.1 Å². The molecule has 42 heavy (non-hydrogen) atoms. The number of likely N-dealkylation sites (tertiary alicyclic amines) is 1. The predicted molar refractivity (Wildman–Crippen MR) is 156 cm³/mol.